The predicted octanol–water partition coefficient (Wildman–Crippen LogP) is 3.86. The molecule has 0 spiro atoms. The first-order valence-corrected chi connectivity index (χ1v) is 6.83. The van der Waals surface area contributed by atoms with E-state index in [4.69, 9.17) is 4.74 Å². The van der Waals surface area contributed by atoms with Crippen LogP contribution in [0.3, 0.4) is 0 Å². The zero-order valence-electron chi connectivity index (χ0n) is 11.5. The Morgan fingerprint density at radius 2 is 1.72 bits per heavy atom. The SMILES string of the molecule is COC(=O)c1cc(Br)cc(N(C(C)C)C(C)C)c1. The van der Waals surface area contributed by atoms with Crippen LogP contribution in [0, 0.1) is 0 Å². The number of esters is 1. The molecular formula is C14H20BrNO2. The molecule has 1 aromatic carbocycles. The summed E-state index contributed by atoms with van der Waals surface area (Å²) in [4.78, 5) is 13.9. The van der Waals surface area contributed by atoms with E-state index >= 15 is 0 Å². The van der Waals surface area contributed by atoms with Gasteiger partial charge in [-0.1, -0.05) is 15.9 Å². The van der Waals surface area contributed by atoms with Gasteiger partial charge in [-0.3, -0.25) is 0 Å². The van der Waals surface area contributed by atoms with Gasteiger partial charge >= 0.3 is 5.97 Å². The lowest BCUT2D eigenvalue weighted by Gasteiger charge is -2.33. The van der Waals surface area contributed by atoms with Crippen molar-refractivity contribution in [1.82, 2.24) is 0 Å². The van der Waals surface area contributed by atoms with Gasteiger partial charge in [-0.2, -0.15) is 0 Å². The molecule has 0 saturated carbocycles. The maximum Gasteiger partial charge on any atom is 0.337 e. The van der Waals surface area contributed by atoms with Gasteiger partial charge in [0, 0.05) is 22.2 Å². The molecule has 1 aromatic rings. The lowest BCUT2D eigenvalue weighted by Crippen LogP contribution is -2.37. The molecule has 3 nitrogen and oxygen atoms in total. The number of hydrogen-bond donors (Lipinski definition) is 0. The Hall–Kier alpha value is -1.03. The van der Waals surface area contributed by atoms with E-state index in [1.165, 1.54) is 7.11 Å². The van der Waals surface area contributed by atoms with Gasteiger partial charge in [0.15, 0.2) is 0 Å². The molecular weight excluding hydrogens is 294 g/mol. The van der Waals surface area contributed by atoms with Gasteiger partial charge in [0.25, 0.3) is 0 Å². The Balaban J connectivity index is 3.23. The number of carbonyl (C=O) groups is 1. The monoisotopic (exact) mass is 313 g/mol. The summed E-state index contributed by atoms with van der Waals surface area (Å²) in [7, 11) is 1.39. The Kier molecular flexibility index (Phi) is 5.20. The van der Waals surface area contributed by atoms with E-state index in [0.29, 0.717) is 17.6 Å². The third-order valence-corrected chi connectivity index (χ3v) is 3.17. The topological polar surface area (TPSA) is 29.5 Å². The van der Waals surface area contributed by atoms with Crippen LogP contribution >= 0.6 is 15.9 Å². The standard InChI is InChI=1S/C14H20BrNO2/c1-9(2)16(10(3)4)13-7-11(14(17)18-5)6-12(15)8-13/h6-10H,1-5H3. The minimum absolute atomic E-state index is 0.315. The molecule has 0 saturated heterocycles. The van der Waals surface area contributed by atoms with Gasteiger partial charge in [-0.15, -0.1) is 0 Å². The van der Waals surface area contributed by atoms with Gasteiger partial charge in [0.05, 0.1) is 12.7 Å². The summed E-state index contributed by atoms with van der Waals surface area (Å²) in [6.07, 6.45) is 0. The van der Waals surface area contributed by atoms with Gasteiger partial charge in [-0.05, 0) is 45.9 Å². The number of ether oxygens (including phenoxy) is 1. The molecule has 0 N–H and O–H groups in total. The Labute approximate surface area is 117 Å². The molecule has 100 valence electrons. The van der Waals surface area contributed by atoms with Crippen molar-refractivity contribution in [3.8, 4) is 0 Å². The molecule has 0 bridgehead atoms. The van der Waals surface area contributed by atoms with Crippen LogP contribution in [0.25, 0.3) is 0 Å². The van der Waals surface area contributed by atoms with Crippen LogP contribution in [-0.4, -0.2) is 25.2 Å². The summed E-state index contributed by atoms with van der Waals surface area (Å²) >= 11 is 3.44. The van der Waals surface area contributed by atoms with E-state index in [0.717, 1.165) is 10.2 Å². The second-order valence-corrected chi connectivity index (χ2v) is 5.70. The highest BCUT2D eigenvalue weighted by Gasteiger charge is 2.17. The molecule has 18 heavy (non-hydrogen) atoms. The zero-order chi connectivity index (χ0) is 13.9. The quantitative estimate of drug-likeness (QED) is 0.790. The summed E-state index contributed by atoms with van der Waals surface area (Å²) in [6, 6.07) is 6.39. The fourth-order valence-corrected chi connectivity index (χ4v) is 2.63. The maximum atomic E-state index is 11.6. The Bertz CT molecular complexity index is 422. The van der Waals surface area contributed by atoms with Gasteiger partial charge in [-0.25, -0.2) is 4.79 Å². The van der Waals surface area contributed by atoms with Gasteiger partial charge < -0.3 is 9.64 Å². The first kappa shape index (κ1) is 15.0. The maximum absolute atomic E-state index is 11.6. The largest absolute Gasteiger partial charge is 0.465 e. The van der Waals surface area contributed by atoms with Crippen LogP contribution in [0.2, 0.25) is 0 Å². The summed E-state index contributed by atoms with van der Waals surface area (Å²) in [5, 5.41) is 0. The van der Waals surface area contributed by atoms with Crippen molar-refractivity contribution in [3.05, 3.63) is 28.2 Å². The second kappa shape index (κ2) is 6.23. The number of nitrogens with zero attached hydrogens (tertiary/aromatic N) is 1. The van der Waals surface area contributed by atoms with E-state index in [1.54, 1.807) is 6.07 Å². The van der Waals surface area contributed by atoms with Crippen LogP contribution in [0.4, 0.5) is 5.69 Å². The van der Waals surface area contributed by atoms with Crippen molar-refractivity contribution in [2.24, 2.45) is 0 Å². The van der Waals surface area contributed by atoms with Crippen molar-refractivity contribution >= 4 is 27.6 Å². The van der Waals surface area contributed by atoms with E-state index in [-0.39, 0.29) is 5.97 Å². The number of carbonyl (C=O) groups excluding carboxylic acids is 1. The lowest BCUT2D eigenvalue weighted by molar-refractivity contribution is 0.0600. The average molecular weight is 314 g/mol. The minimum atomic E-state index is -0.315. The molecule has 0 amide bonds. The van der Waals surface area contributed by atoms with Crippen molar-refractivity contribution in [3.63, 3.8) is 0 Å². The van der Waals surface area contributed by atoms with Crippen LogP contribution in [0.5, 0.6) is 0 Å². The normalized spacial score (nSPS) is 10.9. The number of anilines is 1. The molecule has 0 aliphatic carbocycles. The summed E-state index contributed by atoms with van der Waals surface area (Å²) < 4.78 is 5.65. The minimum Gasteiger partial charge on any atom is -0.465 e. The predicted molar refractivity (Wildman–Crippen MR) is 78.2 cm³/mol. The van der Waals surface area contributed by atoms with Crippen molar-refractivity contribution in [2.45, 2.75) is 39.8 Å². The van der Waals surface area contributed by atoms with Crippen molar-refractivity contribution < 1.29 is 9.53 Å². The molecule has 0 heterocycles. The molecule has 0 radical (unpaired) electrons. The number of rotatable bonds is 4. The third kappa shape index (κ3) is 3.48. The van der Waals surface area contributed by atoms with Crippen molar-refractivity contribution in [2.75, 3.05) is 12.0 Å². The van der Waals surface area contributed by atoms with E-state index < -0.39 is 0 Å². The van der Waals surface area contributed by atoms with E-state index in [1.807, 2.05) is 12.1 Å². The van der Waals surface area contributed by atoms with Gasteiger partial charge in [0.2, 0.25) is 0 Å². The molecule has 1 rings (SSSR count). The Morgan fingerprint density at radius 1 is 1.17 bits per heavy atom. The van der Waals surface area contributed by atoms with E-state index in [2.05, 4.69) is 48.5 Å². The second-order valence-electron chi connectivity index (χ2n) is 4.78. The average Bonchev–Trinajstić information content (AvgIpc) is 2.26. The Morgan fingerprint density at radius 3 is 2.17 bits per heavy atom. The zero-order valence-corrected chi connectivity index (χ0v) is 13.1. The van der Waals surface area contributed by atoms with Gasteiger partial charge in [0.1, 0.15) is 0 Å². The summed E-state index contributed by atoms with van der Waals surface area (Å²) in [5.74, 6) is -0.315. The van der Waals surface area contributed by atoms with Crippen LogP contribution in [-0.2, 0) is 4.74 Å². The number of hydrogen-bond acceptors (Lipinski definition) is 3. The highest BCUT2D eigenvalue weighted by molar-refractivity contribution is 9.10. The van der Waals surface area contributed by atoms with Crippen LogP contribution < -0.4 is 4.90 Å². The summed E-state index contributed by atoms with van der Waals surface area (Å²) in [5.41, 5.74) is 1.59. The van der Waals surface area contributed by atoms with Crippen LogP contribution in [0.15, 0.2) is 22.7 Å². The number of methoxy groups -OCH3 is 1. The summed E-state index contributed by atoms with van der Waals surface area (Å²) in [6.45, 7) is 8.55. The molecule has 4 heteroatoms. The molecule has 0 aromatic heterocycles. The number of halogens is 1. The molecule has 0 aliphatic rings. The van der Waals surface area contributed by atoms with E-state index in [9.17, 15) is 4.79 Å². The molecule has 0 aliphatic heterocycles. The molecule has 0 unspecified atom stereocenters. The lowest BCUT2D eigenvalue weighted by atomic mass is 10.1. The first-order chi connectivity index (χ1) is 8.36. The molecule has 0 fully saturated rings. The smallest absolute Gasteiger partial charge is 0.337 e. The third-order valence-electron chi connectivity index (χ3n) is 2.71. The molecule has 0 atom stereocenters. The highest BCUT2D eigenvalue weighted by Crippen LogP contribution is 2.26. The fraction of sp³-hybridized carbons (Fsp3) is 0.500. The van der Waals surface area contributed by atoms with Crippen LogP contribution in [0.1, 0.15) is 38.1 Å². The number of benzene rings is 1. The highest BCUT2D eigenvalue weighted by atomic mass is 79.9. The fourth-order valence-electron chi connectivity index (χ4n) is 2.15. The first-order valence-electron chi connectivity index (χ1n) is 6.04. The van der Waals surface area contributed by atoms with Crippen molar-refractivity contribution in [1.29, 1.82) is 0 Å².